The number of rotatable bonds is 7. The van der Waals surface area contributed by atoms with Crippen LogP contribution in [0.3, 0.4) is 0 Å². The molecule has 190 valence electrons. The largest absolute Gasteiger partial charge is 0.496 e. The molecule has 37 heavy (non-hydrogen) atoms. The summed E-state index contributed by atoms with van der Waals surface area (Å²) < 4.78 is 8.97. The van der Waals surface area contributed by atoms with E-state index in [1.165, 1.54) is 11.9 Å². The molecular formula is C29H29ClN4O2S. The summed E-state index contributed by atoms with van der Waals surface area (Å²) in [6.45, 7) is 5.75. The summed E-state index contributed by atoms with van der Waals surface area (Å²) in [5.74, 6) is 0.544. The fourth-order valence-electron chi connectivity index (χ4n) is 4.50. The topological polar surface area (TPSA) is 57.7 Å². The van der Waals surface area contributed by atoms with E-state index in [4.69, 9.17) is 16.3 Å². The number of halogens is 1. The Morgan fingerprint density at radius 1 is 1.05 bits per heavy atom. The summed E-state index contributed by atoms with van der Waals surface area (Å²) in [5.41, 5.74) is 4.65. The van der Waals surface area contributed by atoms with E-state index in [1.54, 1.807) is 13.3 Å². The second-order valence-corrected chi connectivity index (χ2v) is 10.4. The number of carbonyl (C=O) groups is 1. The van der Waals surface area contributed by atoms with Crippen LogP contribution >= 0.6 is 23.5 Å². The fourth-order valence-corrected chi connectivity index (χ4v) is 5.57. The third-order valence-electron chi connectivity index (χ3n) is 6.57. The zero-order valence-electron chi connectivity index (χ0n) is 20.9. The molecule has 1 N–H and O–H groups in total. The van der Waals surface area contributed by atoms with Crippen molar-refractivity contribution in [1.29, 1.82) is 0 Å². The van der Waals surface area contributed by atoms with Crippen LogP contribution in [0.1, 0.15) is 21.5 Å². The van der Waals surface area contributed by atoms with Gasteiger partial charge >= 0.3 is 0 Å². The van der Waals surface area contributed by atoms with E-state index in [1.807, 2.05) is 66.4 Å². The van der Waals surface area contributed by atoms with Crippen molar-refractivity contribution >= 4 is 46.0 Å². The van der Waals surface area contributed by atoms with Crippen LogP contribution in [0.4, 0.5) is 5.69 Å². The van der Waals surface area contributed by atoms with Gasteiger partial charge in [-0.2, -0.15) is 0 Å². The minimum atomic E-state index is -0.0117. The van der Waals surface area contributed by atoms with E-state index < -0.39 is 0 Å². The zero-order chi connectivity index (χ0) is 25.8. The number of hydrogen-bond acceptors (Lipinski definition) is 6. The van der Waals surface area contributed by atoms with Crippen molar-refractivity contribution in [2.24, 2.45) is 0 Å². The third kappa shape index (κ3) is 5.85. The first-order valence-electron chi connectivity index (χ1n) is 12.2. The molecule has 1 aliphatic heterocycles. The maximum Gasteiger partial charge on any atom is 0.257 e. The first-order chi connectivity index (χ1) is 18.0. The predicted octanol–water partition coefficient (Wildman–Crippen LogP) is 6.28. The summed E-state index contributed by atoms with van der Waals surface area (Å²) in [6.07, 6.45) is 1.80. The monoisotopic (exact) mass is 532 g/mol. The van der Waals surface area contributed by atoms with Crippen molar-refractivity contribution in [2.45, 2.75) is 18.4 Å². The average molecular weight is 533 g/mol. The number of fused-ring (bicyclic) bond motifs is 1. The van der Waals surface area contributed by atoms with Gasteiger partial charge < -0.3 is 14.4 Å². The van der Waals surface area contributed by atoms with Gasteiger partial charge in [0.1, 0.15) is 5.75 Å². The van der Waals surface area contributed by atoms with Gasteiger partial charge in [0.25, 0.3) is 5.91 Å². The molecule has 0 bridgehead atoms. The SMILES string of the molecule is COc1cc(NSc2cccc3cccnc23)ccc1C(=O)N1CCN(Cc2ccc(C)cc2Cl)CC1. The molecular weight excluding hydrogens is 504 g/mol. The van der Waals surface area contributed by atoms with Gasteiger partial charge in [0.05, 0.1) is 23.1 Å². The van der Waals surface area contributed by atoms with Crippen molar-refractivity contribution in [1.82, 2.24) is 14.8 Å². The highest BCUT2D eigenvalue weighted by Gasteiger charge is 2.25. The lowest BCUT2D eigenvalue weighted by Gasteiger charge is -2.35. The molecule has 1 fully saturated rings. The molecule has 0 atom stereocenters. The Labute approximate surface area is 226 Å². The molecule has 1 aromatic heterocycles. The number of hydrogen-bond donors (Lipinski definition) is 1. The summed E-state index contributed by atoms with van der Waals surface area (Å²) in [4.78, 5) is 23.1. The normalized spacial score (nSPS) is 14.1. The van der Waals surface area contributed by atoms with Gasteiger partial charge in [-0.3, -0.25) is 14.7 Å². The Balaban J connectivity index is 1.21. The first-order valence-corrected chi connectivity index (χ1v) is 13.4. The van der Waals surface area contributed by atoms with Gasteiger partial charge in [-0.25, -0.2) is 0 Å². The lowest BCUT2D eigenvalue weighted by molar-refractivity contribution is 0.0625. The molecule has 0 aliphatic carbocycles. The van der Waals surface area contributed by atoms with Gasteiger partial charge in [-0.15, -0.1) is 0 Å². The number of benzene rings is 3. The maximum atomic E-state index is 13.3. The molecule has 0 radical (unpaired) electrons. The molecule has 5 rings (SSSR count). The Bertz CT molecular complexity index is 1420. The molecule has 0 saturated carbocycles. The minimum absolute atomic E-state index is 0.0117. The van der Waals surface area contributed by atoms with Crippen LogP contribution in [0.15, 0.2) is 77.8 Å². The van der Waals surface area contributed by atoms with Crippen LogP contribution in [0.25, 0.3) is 10.9 Å². The number of nitrogens with one attached hydrogen (secondary N) is 1. The number of piperazine rings is 1. The van der Waals surface area contributed by atoms with Crippen molar-refractivity contribution < 1.29 is 9.53 Å². The lowest BCUT2D eigenvalue weighted by atomic mass is 10.1. The van der Waals surface area contributed by atoms with Crippen molar-refractivity contribution in [3.8, 4) is 5.75 Å². The molecule has 1 amide bonds. The predicted molar refractivity (Wildman–Crippen MR) is 152 cm³/mol. The quantitative estimate of drug-likeness (QED) is 0.283. The number of pyridine rings is 1. The number of aromatic nitrogens is 1. The van der Waals surface area contributed by atoms with Gasteiger partial charge in [0.2, 0.25) is 0 Å². The van der Waals surface area contributed by atoms with E-state index in [0.29, 0.717) is 24.4 Å². The maximum absolute atomic E-state index is 13.3. The molecule has 1 aliphatic rings. The zero-order valence-corrected chi connectivity index (χ0v) is 22.5. The molecule has 8 heteroatoms. The lowest BCUT2D eigenvalue weighted by Crippen LogP contribution is -2.48. The number of nitrogens with zero attached hydrogens (tertiary/aromatic N) is 3. The second kappa shape index (κ2) is 11.4. The van der Waals surface area contributed by atoms with Gasteiger partial charge in [-0.05, 0) is 60.3 Å². The van der Waals surface area contributed by atoms with E-state index >= 15 is 0 Å². The standard InChI is InChI=1S/C29H29ClN4O2S/c1-20-8-9-22(25(30)17-20)19-33-13-15-34(16-14-33)29(35)24-11-10-23(18-26(24)36-2)32-37-27-7-3-5-21-6-4-12-31-28(21)27/h3-12,17-18,32H,13-16,19H2,1-2H3. The fraction of sp³-hybridized carbons (Fsp3) is 0.241. The van der Waals surface area contributed by atoms with Crippen molar-refractivity contribution in [2.75, 3.05) is 38.0 Å². The number of ether oxygens (including phenoxy) is 1. The van der Waals surface area contributed by atoms with Gasteiger partial charge in [-0.1, -0.05) is 41.9 Å². The van der Waals surface area contributed by atoms with E-state index in [2.05, 4.69) is 26.7 Å². The van der Waals surface area contributed by atoms with Gasteiger partial charge in [0.15, 0.2) is 0 Å². The van der Waals surface area contributed by atoms with Crippen LogP contribution in [0.5, 0.6) is 5.75 Å². The average Bonchev–Trinajstić information content (AvgIpc) is 2.93. The van der Waals surface area contributed by atoms with Crippen LogP contribution in [-0.2, 0) is 6.54 Å². The molecule has 3 aromatic carbocycles. The van der Waals surface area contributed by atoms with Crippen LogP contribution in [0.2, 0.25) is 5.02 Å². The Kier molecular flexibility index (Phi) is 7.84. The molecule has 0 unspecified atom stereocenters. The summed E-state index contributed by atoms with van der Waals surface area (Å²) in [5, 5.41) is 1.89. The summed E-state index contributed by atoms with van der Waals surface area (Å²) in [7, 11) is 1.60. The Morgan fingerprint density at radius 3 is 2.65 bits per heavy atom. The van der Waals surface area contributed by atoms with Gasteiger partial charge in [0, 0.05) is 61.1 Å². The van der Waals surface area contributed by atoms with Crippen molar-refractivity contribution in [3.05, 3.63) is 94.6 Å². The Morgan fingerprint density at radius 2 is 1.86 bits per heavy atom. The minimum Gasteiger partial charge on any atom is -0.496 e. The second-order valence-electron chi connectivity index (χ2n) is 9.11. The van der Waals surface area contributed by atoms with E-state index in [9.17, 15) is 4.79 Å². The third-order valence-corrected chi connectivity index (χ3v) is 7.81. The van der Waals surface area contributed by atoms with E-state index in [0.717, 1.165) is 57.3 Å². The number of aryl methyl sites for hydroxylation is 1. The molecule has 2 heterocycles. The number of amides is 1. The molecule has 4 aromatic rings. The molecule has 0 spiro atoms. The Hall–Kier alpha value is -3.26. The van der Waals surface area contributed by atoms with Crippen LogP contribution in [0, 0.1) is 6.92 Å². The van der Waals surface area contributed by atoms with Crippen LogP contribution < -0.4 is 9.46 Å². The smallest absolute Gasteiger partial charge is 0.257 e. The summed E-state index contributed by atoms with van der Waals surface area (Å²) >= 11 is 7.91. The van der Waals surface area contributed by atoms with Crippen molar-refractivity contribution in [3.63, 3.8) is 0 Å². The highest BCUT2D eigenvalue weighted by atomic mass is 35.5. The summed E-state index contributed by atoms with van der Waals surface area (Å²) in [6, 6.07) is 21.9. The number of carbonyl (C=O) groups excluding carboxylic acids is 1. The highest BCUT2D eigenvalue weighted by Crippen LogP contribution is 2.31. The molecule has 6 nitrogen and oxygen atoms in total. The van der Waals surface area contributed by atoms with Crippen LogP contribution in [-0.4, -0.2) is 54.0 Å². The first kappa shape index (κ1) is 25.4. The number of anilines is 1. The number of methoxy groups -OCH3 is 1. The number of para-hydroxylation sites is 1. The van der Waals surface area contributed by atoms with E-state index in [-0.39, 0.29) is 5.91 Å². The molecule has 1 saturated heterocycles. The highest BCUT2D eigenvalue weighted by molar-refractivity contribution is 8.00.